The molecule has 0 fully saturated rings. The predicted molar refractivity (Wildman–Crippen MR) is 40.4 cm³/mol. The molecule has 0 rings (SSSR count). The van der Waals surface area contributed by atoms with Crippen molar-refractivity contribution in [1.29, 1.82) is 0 Å². The Morgan fingerprint density at radius 2 is 2.00 bits per heavy atom. The molecule has 0 saturated heterocycles. The van der Waals surface area contributed by atoms with Gasteiger partial charge in [-0.2, -0.15) is 8.78 Å². The zero-order valence-corrected chi connectivity index (χ0v) is 7.42. The summed E-state index contributed by atoms with van der Waals surface area (Å²) in [6.45, 7) is 1.63. The van der Waals surface area contributed by atoms with E-state index in [1.807, 2.05) is 0 Å². The highest BCUT2D eigenvalue weighted by Gasteiger charge is 2.44. The third kappa shape index (κ3) is 2.91. The normalized spacial score (nSPS) is 12.2. The summed E-state index contributed by atoms with van der Waals surface area (Å²) >= 11 is 9.79. The van der Waals surface area contributed by atoms with E-state index in [4.69, 9.17) is 23.2 Å². The van der Waals surface area contributed by atoms with E-state index >= 15 is 0 Å². The van der Waals surface area contributed by atoms with Gasteiger partial charge in [-0.15, -0.1) is 0 Å². The summed E-state index contributed by atoms with van der Waals surface area (Å²) in [6, 6.07) is 0. The second-order valence-electron chi connectivity index (χ2n) is 2.10. The third-order valence-corrected chi connectivity index (χ3v) is 1.67. The number of carbonyl (C=O) groups is 1. The minimum absolute atomic E-state index is 0.192. The first-order valence-corrected chi connectivity index (χ1v) is 3.99. The molecule has 1 nitrogen and oxygen atoms in total. The van der Waals surface area contributed by atoms with E-state index in [1.165, 1.54) is 0 Å². The molecule has 0 radical (unpaired) electrons. The van der Waals surface area contributed by atoms with Gasteiger partial charge >= 0.3 is 5.92 Å². The number of hydrogen-bond acceptors (Lipinski definition) is 1. The number of carbonyl (C=O) groups excluding carboxylic acids is 1. The highest BCUT2D eigenvalue weighted by atomic mass is 35.5. The molecule has 0 saturated carbocycles. The summed E-state index contributed by atoms with van der Waals surface area (Å²) in [5, 5.41) is 0. The van der Waals surface area contributed by atoms with Crippen molar-refractivity contribution in [3.63, 3.8) is 0 Å². The molecule has 0 aliphatic rings. The van der Waals surface area contributed by atoms with Gasteiger partial charge in [0.15, 0.2) is 4.84 Å². The molecular weight excluding hydrogens is 197 g/mol. The average molecular weight is 205 g/mol. The van der Waals surface area contributed by atoms with E-state index in [-0.39, 0.29) is 6.42 Å². The van der Waals surface area contributed by atoms with Crippen LogP contribution in [0.5, 0.6) is 0 Å². The highest BCUT2D eigenvalue weighted by molar-refractivity contribution is 6.46. The van der Waals surface area contributed by atoms with Crippen molar-refractivity contribution in [3.05, 3.63) is 0 Å². The Hall–Kier alpha value is 0.110. The van der Waals surface area contributed by atoms with E-state index in [1.54, 1.807) is 6.92 Å². The Bertz CT molecular complexity index is 148. The lowest BCUT2D eigenvalue weighted by Crippen LogP contribution is -2.35. The molecule has 0 bridgehead atoms. The van der Waals surface area contributed by atoms with Crippen molar-refractivity contribution in [2.24, 2.45) is 0 Å². The molecule has 66 valence electrons. The van der Waals surface area contributed by atoms with Crippen LogP contribution in [0.1, 0.15) is 19.8 Å². The van der Waals surface area contributed by atoms with E-state index < -0.39 is 16.5 Å². The molecule has 0 unspecified atom stereocenters. The quantitative estimate of drug-likeness (QED) is 0.645. The van der Waals surface area contributed by atoms with Crippen molar-refractivity contribution in [1.82, 2.24) is 0 Å². The number of hydrogen-bond donors (Lipinski definition) is 0. The molecule has 0 atom stereocenters. The van der Waals surface area contributed by atoms with Crippen molar-refractivity contribution in [2.45, 2.75) is 30.5 Å². The van der Waals surface area contributed by atoms with Crippen LogP contribution in [-0.2, 0) is 4.79 Å². The van der Waals surface area contributed by atoms with Crippen molar-refractivity contribution in [2.75, 3.05) is 0 Å². The molecule has 0 aromatic rings. The second kappa shape index (κ2) is 4.21. The summed E-state index contributed by atoms with van der Waals surface area (Å²) < 4.78 is 25.0. The fourth-order valence-corrected chi connectivity index (χ4v) is 0.759. The van der Waals surface area contributed by atoms with Crippen LogP contribution in [0, 0.1) is 0 Å². The first-order valence-electron chi connectivity index (χ1n) is 3.12. The van der Waals surface area contributed by atoms with Gasteiger partial charge in [-0.05, 0) is 6.42 Å². The van der Waals surface area contributed by atoms with E-state index in [9.17, 15) is 13.6 Å². The minimum atomic E-state index is -3.60. The van der Waals surface area contributed by atoms with Crippen LogP contribution in [0.25, 0.3) is 0 Å². The van der Waals surface area contributed by atoms with Gasteiger partial charge < -0.3 is 0 Å². The van der Waals surface area contributed by atoms with Gasteiger partial charge in [0.2, 0.25) is 5.78 Å². The smallest absolute Gasteiger partial charge is 0.293 e. The minimum Gasteiger partial charge on any atom is -0.293 e. The molecule has 0 aromatic carbocycles. The maximum absolute atomic E-state index is 12.5. The van der Waals surface area contributed by atoms with Crippen molar-refractivity contribution >= 4 is 29.0 Å². The van der Waals surface area contributed by atoms with Crippen LogP contribution in [0.4, 0.5) is 8.78 Å². The average Bonchev–Trinajstić information content (AvgIpc) is 1.88. The summed E-state index contributed by atoms with van der Waals surface area (Å²) in [5.74, 6) is -4.80. The molecular formula is C6H8Cl2F2O. The van der Waals surface area contributed by atoms with Gasteiger partial charge in [0.25, 0.3) is 0 Å². The number of rotatable bonds is 4. The summed E-state index contributed by atoms with van der Waals surface area (Å²) in [6.07, 6.45) is 0.178. The summed E-state index contributed by atoms with van der Waals surface area (Å²) in [7, 11) is 0. The Morgan fingerprint density at radius 3 is 2.27 bits per heavy atom. The van der Waals surface area contributed by atoms with Crippen LogP contribution >= 0.6 is 23.2 Å². The predicted octanol–water partition coefficient (Wildman–Crippen LogP) is 2.79. The number of halogens is 4. The number of ketones is 1. The number of alkyl halides is 4. The SMILES string of the molecule is CCCC(=O)C(F)(F)C(Cl)Cl. The van der Waals surface area contributed by atoms with E-state index in [2.05, 4.69) is 0 Å². The van der Waals surface area contributed by atoms with Gasteiger partial charge in [0.1, 0.15) is 0 Å². The van der Waals surface area contributed by atoms with Gasteiger partial charge in [-0.25, -0.2) is 0 Å². The molecule has 0 N–H and O–H groups in total. The number of Topliss-reactive ketones (excluding diaryl/α,β-unsaturated/α-hetero) is 1. The Morgan fingerprint density at radius 1 is 1.55 bits per heavy atom. The monoisotopic (exact) mass is 204 g/mol. The second-order valence-corrected chi connectivity index (χ2v) is 3.19. The lowest BCUT2D eigenvalue weighted by Gasteiger charge is -2.14. The molecule has 11 heavy (non-hydrogen) atoms. The lowest BCUT2D eigenvalue weighted by atomic mass is 10.1. The standard InChI is InChI=1S/C6H8Cl2F2O/c1-2-3-4(11)6(9,10)5(7)8/h5H,2-3H2,1H3. The molecule has 0 heterocycles. The third-order valence-electron chi connectivity index (χ3n) is 1.12. The topological polar surface area (TPSA) is 17.1 Å². The van der Waals surface area contributed by atoms with Crippen LogP contribution in [0.3, 0.4) is 0 Å². The molecule has 0 aliphatic heterocycles. The molecule has 0 amide bonds. The molecule has 0 aromatic heterocycles. The molecule has 5 heteroatoms. The Labute approximate surface area is 73.7 Å². The van der Waals surface area contributed by atoms with Crippen LogP contribution < -0.4 is 0 Å². The van der Waals surface area contributed by atoms with Crippen LogP contribution in [-0.4, -0.2) is 16.5 Å². The van der Waals surface area contributed by atoms with Crippen molar-refractivity contribution < 1.29 is 13.6 Å². The van der Waals surface area contributed by atoms with Crippen LogP contribution in [0.15, 0.2) is 0 Å². The molecule has 0 aliphatic carbocycles. The van der Waals surface area contributed by atoms with Crippen LogP contribution in [0.2, 0.25) is 0 Å². The summed E-state index contributed by atoms with van der Waals surface area (Å²) in [5.41, 5.74) is 0. The van der Waals surface area contributed by atoms with E-state index in [0.717, 1.165) is 0 Å². The molecule has 0 spiro atoms. The summed E-state index contributed by atoms with van der Waals surface area (Å²) in [4.78, 5) is 8.64. The van der Waals surface area contributed by atoms with Gasteiger partial charge in [-0.1, -0.05) is 30.1 Å². The zero-order valence-electron chi connectivity index (χ0n) is 5.91. The lowest BCUT2D eigenvalue weighted by molar-refractivity contribution is -0.141. The fourth-order valence-electron chi connectivity index (χ4n) is 0.515. The van der Waals surface area contributed by atoms with Gasteiger partial charge in [-0.3, -0.25) is 4.79 Å². The fraction of sp³-hybridized carbons (Fsp3) is 0.833. The first kappa shape index (κ1) is 11.1. The maximum Gasteiger partial charge on any atom is 0.334 e. The van der Waals surface area contributed by atoms with E-state index in [0.29, 0.717) is 6.42 Å². The van der Waals surface area contributed by atoms with Gasteiger partial charge in [0.05, 0.1) is 0 Å². The first-order chi connectivity index (χ1) is 4.92. The largest absolute Gasteiger partial charge is 0.334 e. The Balaban J connectivity index is 4.18. The zero-order chi connectivity index (χ0) is 9.07. The van der Waals surface area contributed by atoms with Crippen molar-refractivity contribution in [3.8, 4) is 0 Å². The Kier molecular flexibility index (Phi) is 4.26. The maximum atomic E-state index is 12.5. The highest BCUT2D eigenvalue weighted by Crippen LogP contribution is 2.28. The van der Waals surface area contributed by atoms with Gasteiger partial charge in [0, 0.05) is 6.42 Å².